The molecule has 0 spiro atoms. The van der Waals surface area contributed by atoms with Crippen LogP contribution in [0, 0.1) is 5.82 Å². The molecule has 8 nitrogen and oxygen atoms in total. The van der Waals surface area contributed by atoms with Gasteiger partial charge in [-0.3, -0.25) is 4.98 Å². The number of hydrogen-bond donors (Lipinski definition) is 5. The minimum atomic E-state index is -1.22. The first-order chi connectivity index (χ1) is 9.01. The summed E-state index contributed by atoms with van der Waals surface area (Å²) in [6.07, 6.45) is -3.47. The highest BCUT2D eigenvalue weighted by Crippen LogP contribution is 2.21. The summed E-state index contributed by atoms with van der Waals surface area (Å²) in [6, 6.07) is 0. The van der Waals surface area contributed by atoms with Crippen molar-refractivity contribution in [2.24, 2.45) is 0 Å². The summed E-state index contributed by atoms with van der Waals surface area (Å²) in [5.41, 5.74) is -0.737. The summed E-state index contributed by atoms with van der Waals surface area (Å²) in [5.74, 6) is -1.02. The predicted molar refractivity (Wildman–Crippen MR) is 60.8 cm³/mol. The highest BCUT2D eigenvalue weighted by Gasteiger charge is 2.36. The quantitative estimate of drug-likeness (QED) is 0.438. The third kappa shape index (κ3) is 3.07. The molecular formula is C10H14FN3O5. The molecule has 1 aromatic rings. The lowest BCUT2D eigenvalue weighted by molar-refractivity contribution is -0.172. The number of hydrogen-bond acceptors (Lipinski definition) is 7. The van der Waals surface area contributed by atoms with Gasteiger partial charge in [-0.25, -0.2) is 9.18 Å². The van der Waals surface area contributed by atoms with Crippen molar-refractivity contribution in [3.8, 4) is 0 Å². The zero-order chi connectivity index (χ0) is 14.0. The molecule has 0 aliphatic carbocycles. The van der Waals surface area contributed by atoms with Gasteiger partial charge in [0.05, 0.1) is 18.9 Å². The Kier molecular flexibility index (Phi) is 4.10. The molecule has 0 radical (unpaired) electrons. The van der Waals surface area contributed by atoms with Gasteiger partial charge in [0.2, 0.25) is 0 Å². The Hall–Kier alpha value is -1.55. The molecule has 106 valence electrons. The monoisotopic (exact) mass is 275 g/mol. The smallest absolute Gasteiger partial charge is 0.346 e. The molecule has 1 aliphatic heterocycles. The largest absolute Gasteiger partial charge is 0.394 e. The molecule has 2 heterocycles. The Balaban J connectivity index is 2.10. The maximum Gasteiger partial charge on any atom is 0.346 e. The van der Waals surface area contributed by atoms with E-state index in [1.54, 1.807) is 0 Å². The highest BCUT2D eigenvalue weighted by molar-refractivity contribution is 5.34. The normalized spacial score (nSPS) is 31.2. The van der Waals surface area contributed by atoms with Crippen LogP contribution in [0.15, 0.2) is 11.0 Å². The third-order valence-electron chi connectivity index (χ3n) is 2.82. The number of anilines is 1. The molecule has 5 N–H and O–H groups in total. The first-order valence-electron chi connectivity index (χ1n) is 5.65. The number of aliphatic hydroxyl groups is 3. The van der Waals surface area contributed by atoms with E-state index in [0.29, 0.717) is 0 Å². The van der Waals surface area contributed by atoms with Crippen molar-refractivity contribution in [3.63, 3.8) is 0 Å². The number of ether oxygens (including phenoxy) is 1. The van der Waals surface area contributed by atoms with E-state index in [0.717, 1.165) is 6.20 Å². The number of aromatic nitrogens is 2. The molecule has 1 aromatic heterocycles. The Morgan fingerprint density at radius 2 is 2.32 bits per heavy atom. The van der Waals surface area contributed by atoms with Crippen molar-refractivity contribution in [2.75, 3.05) is 11.9 Å². The number of rotatable bonds is 3. The summed E-state index contributed by atoms with van der Waals surface area (Å²) in [7, 11) is 0. The molecule has 1 fully saturated rings. The van der Waals surface area contributed by atoms with Crippen molar-refractivity contribution >= 4 is 5.82 Å². The van der Waals surface area contributed by atoms with Gasteiger partial charge >= 0.3 is 5.69 Å². The van der Waals surface area contributed by atoms with E-state index in [1.165, 1.54) is 0 Å². The van der Waals surface area contributed by atoms with Crippen LogP contribution >= 0.6 is 0 Å². The lowest BCUT2D eigenvalue weighted by Crippen LogP contribution is -2.52. The zero-order valence-corrected chi connectivity index (χ0v) is 9.78. The zero-order valence-electron chi connectivity index (χ0n) is 9.78. The minimum absolute atomic E-state index is 0.0263. The van der Waals surface area contributed by atoms with Crippen LogP contribution in [0.1, 0.15) is 6.42 Å². The fourth-order valence-electron chi connectivity index (χ4n) is 1.84. The number of nitrogens with one attached hydrogen (secondary N) is 2. The average molecular weight is 275 g/mol. The summed E-state index contributed by atoms with van der Waals surface area (Å²) in [5, 5.41) is 30.6. The summed E-state index contributed by atoms with van der Waals surface area (Å²) < 4.78 is 18.6. The first kappa shape index (κ1) is 13.9. The van der Waals surface area contributed by atoms with E-state index in [2.05, 4.69) is 15.3 Å². The molecule has 19 heavy (non-hydrogen) atoms. The number of aliphatic hydroxyl groups excluding tert-OH is 3. The van der Waals surface area contributed by atoms with Crippen LogP contribution in [0.5, 0.6) is 0 Å². The van der Waals surface area contributed by atoms with E-state index in [1.807, 2.05) is 0 Å². The van der Waals surface area contributed by atoms with Crippen LogP contribution in [0.2, 0.25) is 0 Å². The van der Waals surface area contributed by atoms with Crippen LogP contribution in [0.4, 0.5) is 10.2 Å². The maximum atomic E-state index is 13.4. The molecule has 0 amide bonds. The van der Waals surface area contributed by atoms with Gasteiger partial charge in [0, 0.05) is 6.42 Å². The Morgan fingerprint density at radius 3 is 3.00 bits per heavy atom. The predicted octanol–water partition coefficient (Wildman–Crippen LogP) is -1.85. The SMILES string of the molecule is O=c1ncc(F)c(N[C@H]2C[C@@H](O)[C@H](O)[C@@H](CO)O2)[nH]1. The Morgan fingerprint density at radius 1 is 1.58 bits per heavy atom. The van der Waals surface area contributed by atoms with Crippen LogP contribution in [-0.4, -0.2) is 56.4 Å². The second kappa shape index (κ2) is 5.61. The molecule has 4 atom stereocenters. The lowest BCUT2D eigenvalue weighted by atomic mass is 10.0. The van der Waals surface area contributed by atoms with Crippen molar-refractivity contribution in [2.45, 2.75) is 31.0 Å². The van der Waals surface area contributed by atoms with Crippen LogP contribution < -0.4 is 11.0 Å². The lowest BCUT2D eigenvalue weighted by Gasteiger charge is -2.36. The van der Waals surface area contributed by atoms with Gasteiger partial charge in [-0.05, 0) is 0 Å². The molecule has 2 rings (SSSR count). The Bertz CT molecular complexity index is 496. The Labute approximate surface area is 106 Å². The van der Waals surface area contributed by atoms with Crippen molar-refractivity contribution in [1.29, 1.82) is 0 Å². The van der Waals surface area contributed by atoms with Gasteiger partial charge in [0.1, 0.15) is 24.3 Å². The maximum absolute atomic E-state index is 13.4. The van der Waals surface area contributed by atoms with Gasteiger partial charge in [0.15, 0.2) is 5.82 Å². The van der Waals surface area contributed by atoms with Crippen molar-refractivity contribution in [3.05, 3.63) is 22.5 Å². The molecular weight excluding hydrogens is 261 g/mol. The van der Waals surface area contributed by atoms with E-state index >= 15 is 0 Å². The van der Waals surface area contributed by atoms with Crippen molar-refractivity contribution in [1.82, 2.24) is 9.97 Å². The highest BCUT2D eigenvalue weighted by atomic mass is 19.1. The first-order valence-corrected chi connectivity index (χ1v) is 5.65. The molecule has 9 heteroatoms. The van der Waals surface area contributed by atoms with Gasteiger partial charge in [-0.1, -0.05) is 0 Å². The van der Waals surface area contributed by atoms with Crippen LogP contribution in [-0.2, 0) is 4.74 Å². The molecule has 1 aliphatic rings. The summed E-state index contributed by atoms with van der Waals surface area (Å²) >= 11 is 0. The third-order valence-corrected chi connectivity index (χ3v) is 2.82. The van der Waals surface area contributed by atoms with Gasteiger partial charge in [0.25, 0.3) is 0 Å². The van der Waals surface area contributed by atoms with Gasteiger partial charge < -0.3 is 25.4 Å². The summed E-state index contributed by atoms with van der Waals surface area (Å²) in [4.78, 5) is 16.3. The number of H-pyrrole nitrogens is 1. The molecule has 0 aromatic carbocycles. The van der Waals surface area contributed by atoms with Crippen LogP contribution in [0.25, 0.3) is 0 Å². The summed E-state index contributed by atoms with van der Waals surface area (Å²) in [6.45, 7) is -0.494. The molecule has 0 bridgehead atoms. The van der Waals surface area contributed by atoms with Gasteiger partial charge in [-0.2, -0.15) is 4.98 Å². The second-order valence-corrected chi connectivity index (χ2v) is 4.20. The van der Waals surface area contributed by atoms with E-state index in [4.69, 9.17) is 9.84 Å². The molecule has 1 saturated heterocycles. The standard InChI is InChI=1S/C10H14FN3O5/c11-4-2-12-10(18)14-9(4)13-7-1-5(16)8(17)6(3-15)19-7/h2,5-8,15-17H,1,3H2,(H2,12,13,14,18)/t5-,6-,7-,8+/m1/s1. The fourth-order valence-corrected chi connectivity index (χ4v) is 1.84. The number of nitrogens with zero attached hydrogens (tertiary/aromatic N) is 1. The van der Waals surface area contributed by atoms with Crippen LogP contribution in [0.3, 0.4) is 0 Å². The number of halogens is 1. The van der Waals surface area contributed by atoms with E-state index in [-0.39, 0.29) is 12.2 Å². The average Bonchev–Trinajstić information content (AvgIpc) is 2.38. The topological polar surface area (TPSA) is 128 Å². The fraction of sp³-hybridized carbons (Fsp3) is 0.600. The molecule has 0 unspecified atom stereocenters. The van der Waals surface area contributed by atoms with Crippen molar-refractivity contribution < 1.29 is 24.4 Å². The molecule has 0 saturated carbocycles. The minimum Gasteiger partial charge on any atom is -0.394 e. The van der Waals surface area contributed by atoms with E-state index in [9.17, 15) is 19.4 Å². The van der Waals surface area contributed by atoms with E-state index < -0.39 is 42.7 Å². The second-order valence-electron chi connectivity index (χ2n) is 4.20. The van der Waals surface area contributed by atoms with Gasteiger partial charge in [-0.15, -0.1) is 0 Å². The number of aromatic amines is 1.